The van der Waals surface area contributed by atoms with Crippen LogP contribution in [-0.2, 0) is 4.74 Å². The fourth-order valence-electron chi connectivity index (χ4n) is 2.69. The second-order valence-corrected chi connectivity index (χ2v) is 6.49. The smallest absolute Gasteiger partial charge is 0.110 e. The third kappa shape index (κ3) is 2.67. The molecule has 1 aliphatic rings. The Bertz CT molecular complexity index is 676. The van der Waals surface area contributed by atoms with Crippen molar-refractivity contribution in [1.29, 1.82) is 5.26 Å². The maximum Gasteiger partial charge on any atom is 0.110 e. The Balaban J connectivity index is 2.07. The standard InChI is InChI=1S/C17H18N2OS/c1-12-3-5-14(6-4-12)16-13(2)21-17(15(16)11-18)19-7-9-20-10-8-19/h3-6H,7-10H2,1-2H3. The molecule has 0 spiro atoms. The molecule has 0 saturated carbocycles. The summed E-state index contributed by atoms with van der Waals surface area (Å²) in [6.07, 6.45) is 0. The van der Waals surface area contributed by atoms with E-state index in [1.54, 1.807) is 11.3 Å². The van der Waals surface area contributed by atoms with E-state index in [0.717, 1.165) is 48.0 Å². The zero-order valence-corrected chi connectivity index (χ0v) is 13.2. The van der Waals surface area contributed by atoms with E-state index in [1.165, 1.54) is 10.4 Å². The normalized spacial score (nSPS) is 15.0. The first-order valence-corrected chi connectivity index (χ1v) is 7.95. The van der Waals surface area contributed by atoms with Gasteiger partial charge in [0.25, 0.3) is 0 Å². The van der Waals surface area contributed by atoms with Gasteiger partial charge in [0, 0.05) is 23.5 Å². The highest BCUT2D eigenvalue weighted by atomic mass is 32.1. The molecule has 1 aromatic heterocycles. The Morgan fingerprint density at radius 3 is 2.43 bits per heavy atom. The lowest BCUT2D eigenvalue weighted by Gasteiger charge is -2.27. The minimum Gasteiger partial charge on any atom is -0.378 e. The Labute approximate surface area is 129 Å². The summed E-state index contributed by atoms with van der Waals surface area (Å²) in [6.45, 7) is 7.38. The van der Waals surface area contributed by atoms with Crippen LogP contribution in [0.3, 0.4) is 0 Å². The summed E-state index contributed by atoms with van der Waals surface area (Å²) >= 11 is 1.72. The Morgan fingerprint density at radius 1 is 1.14 bits per heavy atom. The van der Waals surface area contributed by atoms with Crippen LogP contribution in [0, 0.1) is 25.2 Å². The first-order chi connectivity index (χ1) is 10.2. The maximum atomic E-state index is 9.66. The molecule has 3 rings (SSSR count). The lowest BCUT2D eigenvalue weighted by Crippen LogP contribution is -2.36. The fourth-order valence-corrected chi connectivity index (χ4v) is 3.86. The van der Waals surface area contributed by atoms with E-state index in [0.29, 0.717) is 0 Å². The minimum absolute atomic E-state index is 0.738. The van der Waals surface area contributed by atoms with Crippen molar-refractivity contribution in [2.45, 2.75) is 13.8 Å². The van der Waals surface area contributed by atoms with Gasteiger partial charge in [0.1, 0.15) is 11.1 Å². The van der Waals surface area contributed by atoms with Crippen LogP contribution in [0.4, 0.5) is 5.00 Å². The first kappa shape index (κ1) is 14.1. The van der Waals surface area contributed by atoms with Crippen molar-refractivity contribution in [3.63, 3.8) is 0 Å². The average molecular weight is 298 g/mol. The molecule has 0 N–H and O–H groups in total. The number of anilines is 1. The molecular weight excluding hydrogens is 280 g/mol. The lowest BCUT2D eigenvalue weighted by molar-refractivity contribution is 0.123. The number of hydrogen-bond acceptors (Lipinski definition) is 4. The largest absolute Gasteiger partial charge is 0.378 e. The topological polar surface area (TPSA) is 36.3 Å². The molecule has 2 heterocycles. The van der Waals surface area contributed by atoms with Gasteiger partial charge >= 0.3 is 0 Å². The van der Waals surface area contributed by atoms with E-state index in [1.807, 2.05) is 0 Å². The van der Waals surface area contributed by atoms with Crippen molar-refractivity contribution in [3.05, 3.63) is 40.3 Å². The molecule has 1 aromatic carbocycles. The fraction of sp³-hybridized carbons (Fsp3) is 0.353. The number of hydrogen-bond donors (Lipinski definition) is 0. The van der Waals surface area contributed by atoms with Crippen molar-refractivity contribution >= 4 is 16.3 Å². The van der Waals surface area contributed by atoms with Gasteiger partial charge in [0.05, 0.1) is 18.8 Å². The predicted molar refractivity (Wildman–Crippen MR) is 87.0 cm³/mol. The summed E-state index contributed by atoms with van der Waals surface area (Å²) < 4.78 is 5.41. The molecule has 0 amide bonds. The van der Waals surface area contributed by atoms with Crippen LogP contribution >= 0.6 is 11.3 Å². The van der Waals surface area contributed by atoms with Gasteiger partial charge in [0.2, 0.25) is 0 Å². The molecule has 0 unspecified atom stereocenters. The third-order valence-corrected chi connectivity index (χ3v) is 4.98. The number of rotatable bonds is 2. The first-order valence-electron chi connectivity index (χ1n) is 7.14. The van der Waals surface area contributed by atoms with Gasteiger partial charge in [-0.1, -0.05) is 29.8 Å². The molecule has 0 bridgehead atoms. The molecule has 0 atom stereocenters. The molecule has 21 heavy (non-hydrogen) atoms. The number of nitriles is 1. The van der Waals surface area contributed by atoms with Crippen molar-refractivity contribution in [1.82, 2.24) is 0 Å². The second kappa shape index (κ2) is 5.88. The number of aryl methyl sites for hydroxylation is 2. The van der Waals surface area contributed by atoms with Crippen LogP contribution < -0.4 is 4.90 Å². The number of benzene rings is 1. The van der Waals surface area contributed by atoms with Gasteiger partial charge in [-0.25, -0.2) is 0 Å². The van der Waals surface area contributed by atoms with Crippen molar-refractivity contribution in [2.75, 3.05) is 31.2 Å². The number of nitrogens with zero attached hydrogens (tertiary/aromatic N) is 2. The van der Waals surface area contributed by atoms with Gasteiger partial charge in [-0.05, 0) is 19.4 Å². The van der Waals surface area contributed by atoms with Crippen LogP contribution in [0.15, 0.2) is 24.3 Å². The Morgan fingerprint density at radius 2 is 1.81 bits per heavy atom. The highest BCUT2D eigenvalue weighted by molar-refractivity contribution is 7.16. The summed E-state index contributed by atoms with van der Waals surface area (Å²) in [6, 6.07) is 10.8. The summed E-state index contributed by atoms with van der Waals surface area (Å²) in [5.41, 5.74) is 4.26. The SMILES string of the molecule is Cc1ccc(-c2c(C)sc(N3CCOCC3)c2C#N)cc1. The second-order valence-electron chi connectivity index (χ2n) is 5.29. The highest BCUT2D eigenvalue weighted by Gasteiger charge is 2.22. The summed E-state index contributed by atoms with van der Waals surface area (Å²) in [5, 5.41) is 10.7. The van der Waals surface area contributed by atoms with Crippen LogP contribution in [0.2, 0.25) is 0 Å². The maximum absolute atomic E-state index is 9.66. The third-order valence-electron chi connectivity index (χ3n) is 3.82. The van der Waals surface area contributed by atoms with E-state index >= 15 is 0 Å². The Hall–Kier alpha value is -1.83. The highest BCUT2D eigenvalue weighted by Crippen LogP contribution is 2.41. The quantitative estimate of drug-likeness (QED) is 0.847. The Kier molecular flexibility index (Phi) is 3.96. The molecule has 3 nitrogen and oxygen atoms in total. The molecule has 0 radical (unpaired) electrons. The van der Waals surface area contributed by atoms with Crippen LogP contribution in [0.1, 0.15) is 16.0 Å². The van der Waals surface area contributed by atoms with Crippen LogP contribution in [0.25, 0.3) is 11.1 Å². The van der Waals surface area contributed by atoms with Gasteiger partial charge in [-0.3, -0.25) is 0 Å². The number of thiophene rings is 1. The van der Waals surface area contributed by atoms with E-state index < -0.39 is 0 Å². The van der Waals surface area contributed by atoms with Crippen molar-refractivity contribution in [2.24, 2.45) is 0 Å². The van der Waals surface area contributed by atoms with Crippen molar-refractivity contribution < 1.29 is 4.74 Å². The number of ether oxygens (including phenoxy) is 1. The lowest BCUT2D eigenvalue weighted by atomic mass is 10.0. The number of morpholine rings is 1. The van der Waals surface area contributed by atoms with Gasteiger partial charge in [0.15, 0.2) is 0 Å². The monoisotopic (exact) mass is 298 g/mol. The molecule has 1 fully saturated rings. The molecule has 0 aliphatic carbocycles. The zero-order chi connectivity index (χ0) is 14.8. The molecular formula is C17H18N2OS. The minimum atomic E-state index is 0.738. The summed E-state index contributed by atoms with van der Waals surface area (Å²) in [4.78, 5) is 3.48. The molecule has 1 saturated heterocycles. The van der Waals surface area contributed by atoms with E-state index in [2.05, 4.69) is 49.1 Å². The van der Waals surface area contributed by atoms with Gasteiger partial charge in [-0.2, -0.15) is 5.26 Å². The van der Waals surface area contributed by atoms with Gasteiger partial charge < -0.3 is 9.64 Å². The average Bonchev–Trinajstić information content (AvgIpc) is 2.85. The van der Waals surface area contributed by atoms with E-state index in [4.69, 9.17) is 4.74 Å². The molecule has 108 valence electrons. The summed E-state index contributed by atoms with van der Waals surface area (Å²) in [5.74, 6) is 0. The summed E-state index contributed by atoms with van der Waals surface area (Å²) in [7, 11) is 0. The molecule has 1 aliphatic heterocycles. The zero-order valence-electron chi connectivity index (χ0n) is 12.3. The van der Waals surface area contributed by atoms with Crippen LogP contribution in [0.5, 0.6) is 0 Å². The molecule has 4 heteroatoms. The van der Waals surface area contributed by atoms with Crippen LogP contribution in [-0.4, -0.2) is 26.3 Å². The predicted octanol–water partition coefficient (Wildman–Crippen LogP) is 3.74. The van der Waals surface area contributed by atoms with E-state index in [9.17, 15) is 5.26 Å². The molecule has 2 aromatic rings. The van der Waals surface area contributed by atoms with E-state index in [-0.39, 0.29) is 0 Å². The van der Waals surface area contributed by atoms with Gasteiger partial charge in [-0.15, -0.1) is 11.3 Å². The van der Waals surface area contributed by atoms with Crippen molar-refractivity contribution in [3.8, 4) is 17.2 Å².